The van der Waals surface area contributed by atoms with Gasteiger partial charge in [-0.2, -0.15) is 0 Å². The van der Waals surface area contributed by atoms with Crippen molar-refractivity contribution in [1.29, 1.82) is 0 Å². The van der Waals surface area contributed by atoms with E-state index in [1.165, 1.54) is 0 Å². The van der Waals surface area contributed by atoms with Crippen LogP contribution >= 0.6 is 31.0 Å². The fraction of sp³-hybridized carbons (Fsp3) is 0.438. The van der Waals surface area contributed by atoms with E-state index in [4.69, 9.17) is 27.7 Å². The summed E-state index contributed by atoms with van der Waals surface area (Å²) < 4.78 is 16.9. The van der Waals surface area contributed by atoms with E-state index in [1.54, 1.807) is 23.2 Å². The number of aromatic hydroxyl groups is 1. The largest absolute Gasteiger partial charge is 0.524 e. The Morgan fingerprint density at radius 2 is 1.60 bits per heavy atom. The number of nitrogens with one attached hydrogen (secondary N) is 2. The van der Waals surface area contributed by atoms with E-state index in [0.717, 1.165) is 33.0 Å². The zero-order chi connectivity index (χ0) is 31.8. The van der Waals surface area contributed by atoms with Crippen LogP contribution in [0.1, 0.15) is 71.3 Å². The van der Waals surface area contributed by atoms with Crippen LogP contribution in [0.5, 0.6) is 11.5 Å². The number of phenols is 1. The minimum Gasteiger partial charge on any atom is -0.506 e. The lowest BCUT2D eigenvalue weighted by Gasteiger charge is -2.69. The van der Waals surface area contributed by atoms with Crippen molar-refractivity contribution in [3.8, 4) is 11.5 Å². The second kappa shape index (κ2) is 9.52. The third-order valence-electron chi connectivity index (χ3n) is 10.9. The molecule has 2 bridgehead atoms. The van der Waals surface area contributed by atoms with Crippen molar-refractivity contribution < 1.29 is 33.6 Å². The number of carbonyl (C=O) groups is 2. The highest BCUT2D eigenvalue weighted by Gasteiger charge is 2.76. The first-order valence-corrected chi connectivity index (χ1v) is 17.6. The number of carbonyl (C=O) groups excluding carboxylic acids is 2. The molecule has 1 unspecified atom stereocenters. The Balaban J connectivity index is 1.10. The predicted molar refractivity (Wildman–Crippen MR) is 171 cm³/mol. The first-order valence-electron chi connectivity index (χ1n) is 15.0. The van der Waals surface area contributed by atoms with Gasteiger partial charge >= 0.3 is 7.82 Å². The standard InChI is InChI=1S/C32H32Cl2N3O7P/c1-14-9-36-28-22(44-45(41,42)43)4-18-19(3-16(6-33)25(18)23(14)28)29(39)31-11-32(12-31,13-31)30(40)37-10-17(7-34)26-20(37)5-21(38)27-24(26)15(2)8-35-27/h4-5,8-9,16-17,19,35-36,38H,3,6-7,10-13H2,1-2H3,(H2,41,42,43)/t16-,17+,19?,31?,32?/m0/s1. The third-order valence-corrected chi connectivity index (χ3v) is 12.1. The average Bonchev–Trinajstić information content (AvgIpc) is 3.69. The zero-order valence-corrected chi connectivity index (χ0v) is 27.0. The van der Waals surface area contributed by atoms with Crippen LogP contribution in [-0.2, 0) is 14.2 Å². The normalized spacial score (nSPS) is 28.2. The van der Waals surface area contributed by atoms with Gasteiger partial charge in [-0.1, -0.05) is 0 Å². The van der Waals surface area contributed by atoms with Gasteiger partial charge in [0.1, 0.15) is 11.5 Å². The highest BCUT2D eigenvalue weighted by Crippen LogP contribution is 2.76. The highest BCUT2D eigenvalue weighted by atomic mass is 35.5. The summed E-state index contributed by atoms with van der Waals surface area (Å²) in [6.45, 7) is 4.28. The van der Waals surface area contributed by atoms with Crippen LogP contribution in [0.2, 0.25) is 0 Å². The quantitative estimate of drug-likeness (QED) is 0.113. The maximum Gasteiger partial charge on any atom is 0.524 e. The molecule has 1 amide bonds. The van der Waals surface area contributed by atoms with Gasteiger partial charge in [-0.25, -0.2) is 4.57 Å². The van der Waals surface area contributed by atoms with Crippen LogP contribution in [0.25, 0.3) is 21.8 Å². The van der Waals surface area contributed by atoms with Crippen molar-refractivity contribution in [3.63, 3.8) is 0 Å². The minimum absolute atomic E-state index is 0.000914. The predicted octanol–water partition coefficient (Wildman–Crippen LogP) is 6.36. The topological polar surface area (TPSA) is 156 Å². The number of rotatable bonds is 7. The zero-order valence-electron chi connectivity index (χ0n) is 24.6. The Hall–Kier alpha value is -3.01. The maximum atomic E-state index is 14.3. The van der Waals surface area contributed by atoms with Crippen LogP contribution in [0.15, 0.2) is 24.5 Å². The lowest BCUT2D eigenvalue weighted by Crippen LogP contribution is -2.71. The number of phosphoric ester groups is 1. The molecule has 0 radical (unpaired) electrons. The number of halogens is 2. The van der Waals surface area contributed by atoms with Crippen molar-refractivity contribution in [2.45, 2.75) is 57.3 Å². The van der Waals surface area contributed by atoms with E-state index in [2.05, 4.69) is 9.97 Å². The Kier molecular flexibility index (Phi) is 6.22. The molecule has 0 saturated heterocycles. The highest BCUT2D eigenvalue weighted by molar-refractivity contribution is 7.46. The molecule has 0 spiro atoms. The molecule has 3 heterocycles. The van der Waals surface area contributed by atoms with Crippen molar-refractivity contribution in [2.24, 2.45) is 10.8 Å². The molecule has 3 fully saturated rings. The second-order valence-electron chi connectivity index (χ2n) is 13.6. The molecule has 5 aliphatic rings. The summed E-state index contributed by atoms with van der Waals surface area (Å²) in [5.41, 5.74) is 4.93. The summed E-state index contributed by atoms with van der Waals surface area (Å²) in [5, 5.41) is 12.5. The molecular formula is C32H32Cl2N3O7P. The molecule has 13 heteroatoms. The lowest BCUT2D eigenvalue weighted by atomic mass is 9.33. The number of hydrogen-bond acceptors (Lipinski definition) is 5. The first kappa shape index (κ1) is 29.4. The number of amides is 1. The number of benzene rings is 2. The smallest absolute Gasteiger partial charge is 0.506 e. The van der Waals surface area contributed by atoms with E-state index < -0.39 is 24.6 Å². The van der Waals surface area contributed by atoms with Crippen LogP contribution in [0.4, 0.5) is 5.69 Å². The number of anilines is 1. The summed E-state index contributed by atoms with van der Waals surface area (Å²) in [7, 11) is -4.87. The molecule has 9 rings (SSSR count). The molecule has 4 aliphatic carbocycles. The molecule has 5 N–H and O–H groups in total. The average molecular weight is 673 g/mol. The second-order valence-corrected chi connectivity index (χ2v) is 15.4. The van der Waals surface area contributed by atoms with E-state index in [9.17, 15) is 29.0 Å². The molecule has 1 aliphatic heterocycles. The van der Waals surface area contributed by atoms with Gasteiger partial charge in [0.25, 0.3) is 0 Å². The van der Waals surface area contributed by atoms with Crippen molar-refractivity contribution in [1.82, 2.24) is 9.97 Å². The fourth-order valence-corrected chi connectivity index (χ4v) is 10.1. The van der Waals surface area contributed by atoms with Crippen LogP contribution in [-0.4, -0.2) is 54.9 Å². The van der Waals surface area contributed by atoms with E-state index in [-0.39, 0.29) is 35.0 Å². The maximum absolute atomic E-state index is 14.3. The molecule has 10 nitrogen and oxygen atoms in total. The van der Waals surface area contributed by atoms with Gasteiger partial charge in [0.2, 0.25) is 5.91 Å². The van der Waals surface area contributed by atoms with Gasteiger partial charge in [-0.05, 0) is 79.3 Å². The Morgan fingerprint density at radius 1 is 0.978 bits per heavy atom. The number of fused-ring (bicyclic) bond motifs is 6. The van der Waals surface area contributed by atoms with Crippen molar-refractivity contribution >= 4 is 70.2 Å². The number of phosphoric acid groups is 1. The summed E-state index contributed by atoms with van der Waals surface area (Å²) >= 11 is 12.8. The number of hydrogen-bond donors (Lipinski definition) is 5. The molecular weight excluding hydrogens is 640 g/mol. The Labute approximate surface area is 268 Å². The monoisotopic (exact) mass is 671 g/mol. The molecule has 2 aromatic heterocycles. The molecule has 236 valence electrons. The summed E-state index contributed by atoms with van der Waals surface area (Å²) in [6.07, 6.45) is 5.42. The number of phenolic OH excluding ortho intramolecular Hbond substituents is 1. The third kappa shape index (κ3) is 3.93. The number of aryl methyl sites for hydroxylation is 2. The van der Waals surface area contributed by atoms with Crippen LogP contribution in [0.3, 0.4) is 0 Å². The molecule has 4 aromatic rings. The van der Waals surface area contributed by atoms with E-state index in [0.29, 0.717) is 66.3 Å². The Bertz CT molecular complexity index is 2010. The minimum atomic E-state index is -4.87. The number of aromatic amines is 2. The van der Waals surface area contributed by atoms with Crippen molar-refractivity contribution in [2.75, 3.05) is 23.2 Å². The lowest BCUT2D eigenvalue weighted by molar-refractivity contribution is -0.206. The number of alkyl halides is 2. The van der Waals surface area contributed by atoms with Gasteiger partial charge in [0.05, 0.1) is 22.1 Å². The van der Waals surface area contributed by atoms with Crippen molar-refractivity contribution in [3.05, 3.63) is 52.3 Å². The number of aromatic nitrogens is 2. The van der Waals surface area contributed by atoms with Gasteiger partial charge < -0.3 is 24.5 Å². The number of Topliss-reactive ketones (excluding diaryl/α,β-unsaturated/α-hetero) is 1. The van der Waals surface area contributed by atoms with Gasteiger partial charge in [0.15, 0.2) is 5.75 Å². The summed E-state index contributed by atoms with van der Waals surface area (Å²) in [4.78, 5) is 55.7. The number of ketones is 1. The Morgan fingerprint density at radius 3 is 2.22 bits per heavy atom. The molecule has 3 atom stereocenters. The molecule has 3 saturated carbocycles. The number of nitrogens with zero attached hydrogens (tertiary/aromatic N) is 1. The van der Waals surface area contributed by atoms with Gasteiger partial charge in [-0.15, -0.1) is 23.2 Å². The van der Waals surface area contributed by atoms with Crippen LogP contribution < -0.4 is 9.42 Å². The fourth-order valence-electron chi connectivity index (χ4n) is 9.12. The molecule has 45 heavy (non-hydrogen) atoms. The van der Waals surface area contributed by atoms with E-state index in [1.807, 2.05) is 20.0 Å². The SMILES string of the molecule is Cc1c[nH]c2c(O)cc3c(c12)[C@H](CCl)CN3C(=O)C12CC(C(=O)C3C[C@@H](CCl)c4c3cc(OP(=O)(O)O)c3[nH]cc(C)c43)(C1)C2. The van der Waals surface area contributed by atoms with Crippen LogP contribution in [0, 0.1) is 24.7 Å². The van der Waals surface area contributed by atoms with Gasteiger partial charge in [0, 0.05) is 64.8 Å². The number of H-pyrrole nitrogens is 2. The van der Waals surface area contributed by atoms with Gasteiger partial charge in [-0.3, -0.25) is 19.4 Å². The first-order chi connectivity index (χ1) is 21.3. The summed E-state index contributed by atoms with van der Waals surface area (Å²) in [5.74, 6) is -0.00102. The summed E-state index contributed by atoms with van der Waals surface area (Å²) in [6, 6.07) is 3.23. The molecule has 2 aromatic carbocycles. The van der Waals surface area contributed by atoms with E-state index >= 15 is 0 Å².